The summed E-state index contributed by atoms with van der Waals surface area (Å²) in [6, 6.07) is 13.9. The second-order valence-electron chi connectivity index (χ2n) is 4.88. The van der Waals surface area contributed by atoms with Gasteiger partial charge in [0.15, 0.2) is 5.76 Å². The number of hydrogen-bond acceptors (Lipinski definition) is 4. The van der Waals surface area contributed by atoms with E-state index in [2.05, 4.69) is 10.6 Å². The monoisotopic (exact) mass is 326 g/mol. The largest absolute Gasteiger partial charge is 0.456 e. The van der Waals surface area contributed by atoms with Crippen molar-refractivity contribution in [1.29, 1.82) is 0 Å². The third-order valence-corrected chi connectivity index (χ3v) is 3.96. The summed E-state index contributed by atoms with van der Waals surface area (Å²) in [5, 5.41) is 7.38. The topological polar surface area (TPSA) is 71.3 Å². The summed E-state index contributed by atoms with van der Waals surface area (Å²) < 4.78 is 5.28. The highest BCUT2D eigenvalue weighted by Crippen LogP contribution is 2.18. The molecule has 0 aliphatic heterocycles. The molecular weight excluding hydrogens is 312 g/mol. The van der Waals surface area contributed by atoms with Gasteiger partial charge in [-0.2, -0.15) is 0 Å². The second-order valence-corrected chi connectivity index (χ2v) is 5.82. The molecule has 2 amide bonds. The number of furan rings is 1. The molecule has 0 atom stereocenters. The van der Waals surface area contributed by atoms with E-state index in [0.717, 1.165) is 0 Å². The lowest BCUT2D eigenvalue weighted by Gasteiger charge is -2.07. The van der Waals surface area contributed by atoms with Gasteiger partial charge in [0.05, 0.1) is 4.88 Å². The number of thiophene rings is 1. The Kier molecular flexibility index (Phi) is 4.25. The van der Waals surface area contributed by atoms with Crippen molar-refractivity contribution in [2.75, 3.05) is 10.6 Å². The van der Waals surface area contributed by atoms with Gasteiger partial charge in [0.2, 0.25) is 0 Å². The predicted octanol–water partition coefficient (Wildman–Crippen LogP) is 4.15. The van der Waals surface area contributed by atoms with E-state index in [0.29, 0.717) is 22.0 Å². The average Bonchev–Trinajstić information content (AvgIpc) is 3.18. The summed E-state index contributed by atoms with van der Waals surface area (Å²) in [5.41, 5.74) is 1.19. The number of carbonyl (C=O) groups is 2. The van der Waals surface area contributed by atoms with Crippen LogP contribution < -0.4 is 10.6 Å². The van der Waals surface area contributed by atoms with Crippen LogP contribution in [0.25, 0.3) is 0 Å². The molecule has 0 fully saturated rings. The minimum absolute atomic E-state index is 0.176. The van der Waals surface area contributed by atoms with Gasteiger partial charge >= 0.3 is 0 Å². The summed E-state index contributed by atoms with van der Waals surface area (Å²) in [5.74, 6) is 0.410. The molecule has 3 rings (SSSR count). The summed E-state index contributed by atoms with van der Waals surface area (Å²) in [6.45, 7) is 1.78. The maximum Gasteiger partial charge on any atom is 0.291 e. The zero-order valence-electron chi connectivity index (χ0n) is 12.3. The van der Waals surface area contributed by atoms with Crippen molar-refractivity contribution in [2.24, 2.45) is 0 Å². The Morgan fingerprint density at radius 1 is 0.957 bits per heavy atom. The summed E-state index contributed by atoms with van der Waals surface area (Å²) in [4.78, 5) is 24.7. The van der Waals surface area contributed by atoms with Gasteiger partial charge in [-0.05, 0) is 48.7 Å². The lowest BCUT2D eigenvalue weighted by atomic mass is 10.2. The third kappa shape index (κ3) is 3.67. The standard InChI is InChI=1S/C17H14N2O3S/c1-11-7-8-14(22-11)16(20)18-12-4-2-5-13(10-12)19-17(21)15-6-3-9-23-15/h2-10H,1H3,(H,18,20)(H,19,21). The van der Waals surface area contributed by atoms with Crippen LogP contribution in [-0.4, -0.2) is 11.8 Å². The van der Waals surface area contributed by atoms with Gasteiger partial charge in [-0.1, -0.05) is 12.1 Å². The Hall–Kier alpha value is -2.86. The first kappa shape index (κ1) is 15.1. The zero-order valence-corrected chi connectivity index (χ0v) is 13.1. The van der Waals surface area contributed by atoms with Crippen molar-refractivity contribution in [3.05, 3.63) is 70.3 Å². The molecule has 0 aliphatic carbocycles. The second kappa shape index (κ2) is 6.50. The van der Waals surface area contributed by atoms with Gasteiger partial charge in [0.25, 0.3) is 11.8 Å². The van der Waals surface area contributed by atoms with Gasteiger partial charge in [-0.15, -0.1) is 11.3 Å². The van der Waals surface area contributed by atoms with Gasteiger partial charge < -0.3 is 15.1 Å². The Labute approximate surface area is 136 Å². The third-order valence-electron chi connectivity index (χ3n) is 3.09. The minimum Gasteiger partial charge on any atom is -0.456 e. The Bertz CT molecular complexity index is 837. The molecular formula is C17H14N2O3S. The minimum atomic E-state index is -0.333. The molecule has 0 saturated heterocycles. The van der Waals surface area contributed by atoms with E-state index in [9.17, 15) is 9.59 Å². The molecule has 23 heavy (non-hydrogen) atoms. The van der Waals surface area contributed by atoms with Crippen LogP contribution >= 0.6 is 11.3 Å². The fourth-order valence-corrected chi connectivity index (χ4v) is 2.64. The zero-order chi connectivity index (χ0) is 16.2. The molecule has 5 nitrogen and oxygen atoms in total. The van der Waals surface area contributed by atoms with Crippen molar-refractivity contribution in [3.63, 3.8) is 0 Å². The molecule has 3 aromatic rings. The number of amides is 2. The predicted molar refractivity (Wildman–Crippen MR) is 90.1 cm³/mol. The maximum atomic E-state index is 12.1. The van der Waals surface area contributed by atoms with Crippen molar-refractivity contribution in [2.45, 2.75) is 6.92 Å². The molecule has 116 valence electrons. The molecule has 1 aromatic carbocycles. The van der Waals surface area contributed by atoms with Crippen LogP contribution in [0.15, 0.2) is 58.3 Å². The average molecular weight is 326 g/mol. The SMILES string of the molecule is Cc1ccc(C(=O)Nc2cccc(NC(=O)c3cccs3)c2)o1. The van der Waals surface area contributed by atoms with E-state index in [1.54, 1.807) is 49.4 Å². The molecule has 2 heterocycles. The number of aryl methyl sites for hydroxylation is 1. The normalized spacial score (nSPS) is 10.3. The number of benzene rings is 1. The molecule has 0 radical (unpaired) electrons. The lowest BCUT2D eigenvalue weighted by Crippen LogP contribution is -2.12. The fourth-order valence-electron chi connectivity index (χ4n) is 2.02. The van der Waals surface area contributed by atoms with Gasteiger partial charge in [0.1, 0.15) is 5.76 Å². The van der Waals surface area contributed by atoms with Crippen LogP contribution in [0.2, 0.25) is 0 Å². The smallest absolute Gasteiger partial charge is 0.291 e. The van der Waals surface area contributed by atoms with Crippen molar-refractivity contribution in [3.8, 4) is 0 Å². The van der Waals surface area contributed by atoms with E-state index in [4.69, 9.17) is 4.42 Å². The van der Waals surface area contributed by atoms with Crippen LogP contribution in [0, 0.1) is 6.92 Å². The summed E-state index contributed by atoms with van der Waals surface area (Å²) in [7, 11) is 0. The van der Waals surface area contributed by atoms with E-state index in [1.807, 2.05) is 11.4 Å². The first-order valence-electron chi connectivity index (χ1n) is 6.94. The number of carbonyl (C=O) groups excluding carboxylic acids is 2. The van der Waals surface area contributed by atoms with Gasteiger partial charge in [-0.25, -0.2) is 0 Å². The van der Waals surface area contributed by atoms with Gasteiger partial charge in [0, 0.05) is 11.4 Å². The van der Waals surface area contributed by atoms with E-state index < -0.39 is 0 Å². The van der Waals surface area contributed by atoms with Crippen LogP contribution in [0.4, 0.5) is 11.4 Å². The number of anilines is 2. The molecule has 0 saturated carbocycles. The molecule has 6 heteroatoms. The summed E-state index contributed by atoms with van der Waals surface area (Å²) >= 11 is 1.37. The van der Waals surface area contributed by atoms with Crippen LogP contribution in [0.3, 0.4) is 0 Å². The first-order valence-corrected chi connectivity index (χ1v) is 7.82. The number of rotatable bonds is 4. The van der Waals surface area contributed by atoms with Crippen LogP contribution in [-0.2, 0) is 0 Å². The van der Waals surface area contributed by atoms with E-state index >= 15 is 0 Å². The van der Waals surface area contributed by atoms with Gasteiger partial charge in [-0.3, -0.25) is 9.59 Å². The molecule has 0 spiro atoms. The number of nitrogens with one attached hydrogen (secondary N) is 2. The quantitative estimate of drug-likeness (QED) is 0.756. The molecule has 0 bridgehead atoms. The van der Waals surface area contributed by atoms with Crippen molar-refractivity contribution >= 4 is 34.5 Å². The highest BCUT2D eigenvalue weighted by molar-refractivity contribution is 7.12. The van der Waals surface area contributed by atoms with E-state index in [1.165, 1.54) is 11.3 Å². The van der Waals surface area contributed by atoms with Crippen molar-refractivity contribution < 1.29 is 14.0 Å². The highest BCUT2D eigenvalue weighted by Gasteiger charge is 2.11. The lowest BCUT2D eigenvalue weighted by molar-refractivity contribution is 0.0994. The molecule has 2 aromatic heterocycles. The van der Waals surface area contributed by atoms with E-state index in [-0.39, 0.29) is 17.6 Å². The Morgan fingerprint density at radius 2 is 1.70 bits per heavy atom. The van der Waals surface area contributed by atoms with Crippen LogP contribution in [0.1, 0.15) is 26.0 Å². The van der Waals surface area contributed by atoms with Crippen molar-refractivity contribution in [1.82, 2.24) is 0 Å². The molecule has 0 unspecified atom stereocenters. The molecule has 0 aliphatic rings. The number of hydrogen-bond donors (Lipinski definition) is 2. The molecule has 2 N–H and O–H groups in total. The highest BCUT2D eigenvalue weighted by atomic mass is 32.1. The van der Waals surface area contributed by atoms with Crippen LogP contribution in [0.5, 0.6) is 0 Å². The summed E-state index contributed by atoms with van der Waals surface area (Å²) in [6.07, 6.45) is 0. The Balaban J connectivity index is 1.70. The first-order chi connectivity index (χ1) is 11.1. The maximum absolute atomic E-state index is 12.1. The Morgan fingerprint density at radius 3 is 2.30 bits per heavy atom. The fraction of sp³-hybridized carbons (Fsp3) is 0.0588.